The molecule has 9 heteroatoms. The molecule has 0 saturated carbocycles. The molecule has 0 bridgehead atoms. The molecule has 0 aromatic carbocycles. The molecule has 3 amide bonds. The minimum atomic E-state index is -0.198. The minimum absolute atomic E-state index is 0.0497. The summed E-state index contributed by atoms with van der Waals surface area (Å²) >= 11 is 0. The Hall–Kier alpha value is -2.42. The van der Waals surface area contributed by atoms with Crippen LogP contribution in [0.4, 0.5) is 10.7 Å². The van der Waals surface area contributed by atoms with Crippen LogP contribution in [0.15, 0.2) is 18.5 Å². The minimum Gasteiger partial charge on any atom is -0.338 e. The highest BCUT2D eigenvalue weighted by molar-refractivity contribution is 5.82. The summed E-state index contributed by atoms with van der Waals surface area (Å²) in [5.74, 6) is 0.891. The summed E-state index contributed by atoms with van der Waals surface area (Å²) in [6.07, 6.45) is 3.50. The second kappa shape index (κ2) is 6.14. The average molecular weight is 345 g/mol. The number of nitrogens with zero attached hydrogens (tertiary/aromatic N) is 6. The summed E-state index contributed by atoms with van der Waals surface area (Å²) in [6, 6.07) is 1.76. The Bertz CT molecular complexity index is 654. The van der Waals surface area contributed by atoms with E-state index in [2.05, 4.69) is 25.1 Å². The van der Waals surface area contributed by atoms with Gasteiger partial charge in [0.2, 0.25) is 11.9 Å². The summed E-state index contributed by atoms with van der Waals surface area (Å²) in [4.78, 5) is 40.6. The van der Waals surface area contributed by atoms with E-state index >= 15 is 0 Å². The fraction of sp³-hybridized carbons (Fsp3) is 0.625. The summed E-state index contributed by atoms with van der Waals surface area (Å²) in [7, 11) is 1.80. The first-order chi connectivity index (χ1) is 12.1. The summed E-state index contributed by atoms with van der Waals surface area (Å²) < 4.78 is 0. The molecule has 3 aliphatic heterocycles. The van der Waals surface area contributed by atoms with Crippen LogP contribution in [0.1, 0.15) is 0 Å². The third kappa shape index (κ3) is 2.88. The van der Waals surface area contributed by atoms with Crippen LogP contribution in [0.2, 0.25) is 0 Å². The zero-order valence-electron chi connectivity index (χ0n) is 14.4. The van der Waals surface area contributed by atoms with Gasteiger partial charge in [0.05, 0.1) is 12.1 Å². The van der Waals surface area contributed by atoms with E-state index in [9.17, 15) is 9.59 Å². The number of urea groups is 1. The molecule has 0 radical (unpaired) electrons. The van der Waals surface area contributed by atoms with Gasteiger partial charge in [-0.2, -0.15) is 0 Å². The lowest BCUT2D eigenvalue weighted by molar-refractivity contribution is -0.143. The number of carbonyl (C=O) groups is 2. The van der Waals surface area contributed by atoms with Crippen LogP contribution in [0.3, 0.4) is 0 Å². The van der Waals surface area contributed by atoms with Crippen molar-refractivity contribution in [2.24, 2.45) is 0 Å². The number of likely N-dealkylation sites (N-methyl/N-ethyl adjacent to an activating group) is 1. The second-order valence-corrected chi connectivity index (χ2v) is 7.00. The third-order valence-electron chi connectivity index (χ3n) is 5.47. The SMILES string of the molecule is CN1C(=O)NCC12CN(C(=O)CN1CCN(c3ncccn3)CC1)C2. The van der Waals surface area contributed by atoms with Crippen molar-refractivity contribution in [2.75, 3.05) is 64.3 Å². The molecule has 4 rings (SSSR count). The quantitative estimate of drug-likeness (QED) is 0.744. The van der Waals surface area contributed by atoms with Crippen LogP contribution in [0.25, 0.3) is 0 Å². The van der Waals surface area contributed by atoms with Gasteiger partial charge in [0.1, 0.15) is 0 Å². The van der Waals surface area contributed by atoms with Crippen LogP contribution in [-0.4, -0.2) is 102 Å². The number of likely N-dealkylation sites (tertiary alicyclic amines) is 1. The number of rotatable bonds is 3. The maximum absolute atomic E-state index is 12.5. The standard InChI is InChI=1S/C16H23N7O2/c1-20-15(25)19-10-16(20)11-23(12-16)13(24)9-21-5-7-22(8-6-21)14-17-3-2-4-18-14/h2-4H,5-12H2,1H3,(H,19,25). The number of hydrogen-bond acceptors (Lipinski definition) is 6. The Morgan fingerprint density at radius 1 is 1.20 bits per heavy atom. The van der Waals surface area contributed by atoms with E-state index in [0.29, 0.717) is 26.2 Å². The van der Waals surface area contributed by atoms with Crippen molar-refractivity contribution in [3.05, 3.63) is 18.5 Å². The van der Waals surface area contributed by atoms with Gasteiger partial charge in [-0.3, -0.25) is 9.69 Å². The van der Waals surface area contributed by atoms with Gasteiger partial charge in [-0.1, -0.05) is 0 Å². The van der Waals surface area contributed by atoms with Crippen LogP contribution in [0, 0.1) is 0 Å². The predicted molar refractivity (Wildman–Crippen MR) is 91.2 cm³/mol. The van der Waals surface area contributed by atoms with Crippen LogP contribution >= 0.6 is 0 Å². The van der Waals surface area contributed by atoms with Crippen molar-refractivity contribution in [3.63, 3.8) is 0 Å². The van der Waals surface area contributed by atoms with Gasteiger partial charge in [0, 0.05) is 65.3 Å². The van der Waals surface area contributed by atoms with E-state index in [-0.39, 0.29) is 17.5 Å². The van der Waals surface area contributed by atoms with Gasteiger partial charge in [0.15, 0.2) is 0 Å². The van der Waals surface area contributed by atoms with Gasteiger partial charge >= 0.3 is 6.03 Å². The molecule has 1 N–H and O–H groups in total. The largest absolute Gasteiger partial charge is 0.338 e. The highest BCUT2D eigenvalue weighted by Gasteiger charge is 2.53. The lowest BCUT2D eigenvalue weighted by atomic mass is 9.89. The molecule has 3 saturated heterocycles. The van der Waals surface area contributed by atoms with Crippen molar-refractivity contribution < 1.29 is 9.59 Å². The molecular weight excluding hydrogens is 322 g/mol. The monoisotopic (exact) mass is 345 g/mol. The first-order valence-electron chi connectivity index (χ1n) is 8.61. The highest BCUT2D eigenvalue weighted by atomic mass is 16.2. The summed E-state index contributed by atoms with van der Waals surface area (Å²) in [6.45, 7) is 5.60. The molecule has 9 nitrogen and oxygen atoms in total. The number of piperazine rings is 1. The highest BCUT2D eigenvalue weighted by Crippen LogP contribution is 2.30. The molecule has 0 unspecified atom stereocenters. The number of amides is 3. The Kier molecular flexibility index (Phi) is 3.95. The molecule has 25 heavy (non-hydrogen) atoms. The number of aromatic nitrogens is 2. The van der Waals surface area contributed by atoms with E-state index in [0.717, 1.165) is 32.1 Å². The fourth-order valence-corrected chi connectivity index (χ4v) is 3.71. The molecule has 3 fully saturated rings. The van der Waals surface area contributed by atoms with Crippen molar-refractivity contribution in [3.8, 4) is 0 Å². The average Bonchev–Trinajstić information content (AvgIpc) is 2.91. The number of hydrogen-bond donors (Lipinski definition) is 1. The number of anilines is 1. The molecule has 1 spiro atoms. The Labute approximate surface area is 146 Å². The molecule has 3 aliphatic rings. The maximum atomic E-state index is 12.5. The molecule has 1 aromatic heterocycles. The Morgan fingerprint density at radius 2 is 1.88 bits per heavy atom. The maximum Gasteiger partial charge on any atom is 0.317 e. The summed E-state index contributed by atoms with van der Waals surface area (Å²) in [5.41, 5.74) is -0.198. The van der Waals surface area contributed by atoms with Gasteiger partial charge in [-0.05, 0) is 6.07 Å². The van der Waals surface area contributed by atoms with Crippen LogP contribution in [-0.2, 0) is 4.79 Å². The molecule has 4 heterocycles. The summed E-state index contributed by atoms with van der Waals surface area (Å²) in [5, 5.41) is 2.84. The van der Waals surface area contributed by atoms with E-state index < -0.39 is 0 Å². The van der Waals surface area contributed by atoms with Gasteiger partial charge < -0.3 is 20.0 Å². The Morgan fingerprint density at radius 3 is 2.48 bits per heavy atom. The molecule has 0 atom stereocenters. The Balaban J connectivity index is 1.24. The zero-order valence-corrected chi connectivity index (χ0v) is 14.4. The number of nitrogens with one attached hydrogen (secondary N) is 1. The van der Waals surface area contributed by atoms with E-state index in [4.69, 9.17) is 0 Å². The van der Waals surface area contributed by atoms with Crippen LogP contribution < -0.4 is 10.2 Å². The van der Waals surface area contributed by atoms with Gasteiger partial charge in [-0.15, -0.1) is 0 Å². The second-order valence-electron chi connectivity index (χ2n) is 7.00. The molecule has 134 valence electrons. The smallest absolute Gasteiger partial charge is 0.317 e. The molecule has 1 aromatic rings. The van der Waals surface area contributed by atoms with Crippen molar-refractivity contribution in [1.29, 1.82) is 0 Å². The van der Waals surface area contributed by atoms with Crippen molar-refractivity contribution >= 4 is 17.9 Å². The first-order valence-corrected chi connectivity index (χ1v) is 8.61. The van der Waals surface area contributed by atoms with Crippen LogP contribution in [0.5, 0.6) is 0 Å². The topological polar surface area (TPSA) is 84.9 Å². The first kappa shape index (κ1) is 16.1. The van der Waals surface area contributed by atoms with Gasteiger partial charge in [0.25, 0.3) is 0 Å². The zero-order chi connectivity index (χ0) is 17.4. The van der Waals surface area contributed by atoms with E-state index in [1.54, 1.807) is 24.3 Å². The number of carbonyl (C=O) groups excluding carboxylic acids is 2. The lowest BCUT2D eigenvalue weighted by Crippen LogP contribution is -2.71. The van der Waals surface area contributed by atoms with Crippen molar-refractivity contribution in [2.45, 2.75) is 5.54 Å². The predicted octanol–water partition coefficient (Wildman–Crippen LogP) is -1.17. The van der Waals surface area contributed by atoms with E-state index in [1.165, 1.54) is 0 Å². The molecule has 0 aliphatic carbocycles. The van der Waals surface area contributed by atoms with E-state index in [1.807, 2.05) is 11.0 Å². The fourth-order valence-electron chi connectivity index (χ4n) is 3.71. The van der Waals surface area contributed by atoms with Crippen molar-refractivity contribution in [1.82, 2.24) is 30.0 Å². The van der Waals surface area contributed by atoms with Gasteiger partial charge in [-0.25, -0.2) is 14.8 Å². The third-order valence-corrected chi connectivity index (χ3v) is 5.47. The normalized spacial score (nSPS) is 22.9. The lowest BCUT2D eigenvalue weighted by Gasteiger charge is -2.51. The molecular formula is C16H23N7O2.